The fraction of sp³-hybridized carbons (Fsp3) is 0.243. The molecule has 2 nitrogen and oxygen atoms in total. The van der Waals surface area contributed by atoms with Crippen LogP contribution in [0.1, 0.15) is 92.9 Å². The number of hydrogen-bond donors (Lipinski definition) is 0. The van der Waals surface area contributed by atoms with Crippen LogP contribution < -0.4 is 4.90 Å². The summed E-state index contributed by atoms with van der Waals surface area (Å²) >= 11 is 0. The molecule has 0 N–H and O–H groups in total. The highest BCUT2D eigenvalue weighted by molar-refractivity contribution is 6.09. The Bertz CT molecular complexity index is 4080. The number of fused-ring (bicyclic) bond motifs is 11. The normalized spacial score (nSPS) is 26.4. The van der Waals surface area contributed by atoms with E-state index >= 15 is 0 Å². The quantitative estimate of drug-likeness (QED) is 0.147. The van der Waals surface area contributed by atoms with Gasteiger partial charge >= 0.3 is 0 Å². The number of rotatable bonds is 8. The first-order chi connectivity index (χ1) is 37.5. The van der Waals surface area contributed by atoms with E-state index in [9.17, 15) is 0 Å². The molecule has 5 atom stereocenters. The van der Waals surface area contributed by atoms with Gasteiger partial charge in [-0.1, -0.05) is 184 Å². The molecule has 0 radical (unpaired) electrons. The molecule has 7 aliphatic rings. The van der Waals surface area contributed by atoms with Crippen LogP contribution in [-0.2, 0) is 10.8 Å². The Labute approximate surface area is 447 Å². The Morgan fingerprint density at radius 3 is 2.03 bits per heavy atom. The maximum Gasteiger partial charge on any atom is 0.0541 e. The van der Waals surface area contributed by atoms with Gasteiger partial charge in [0, 0.05) is 44.2 Å². The van der Waals surface area contributed by atoms with Crippen molar-refractivity contribution in [2.45, 2.75) is 81.5 Å². The molecule has 368 valence electrons. The summed E-state index contributed by atoms with van der Waals surface area (Å²) in [5.41, 5.74) is 22.3. The Morgan fingerprint density at radius 2 is 1.22 bits per heavy atom. The third kappa shape index (κ3) is 5.67. The average molecular weight is 979 g/mol. The molecule has 1 aromatic heterocycles. The van der Waals surface area contributed by atoms with Crippen molar-refractivity contribution in [2.75, 3.05) is 4.90 Å². The molecule has 5 fully saturated rings. The standard InChI is InChI=1S/C74H62N2/c1-72(51-33-37-68-63(44-51)61-24-10-13-29-67(61)76(68)54-20-6-3-7-21-54)40-38-56(39-41-72)75(66-28-12-9-23-60(66)62-26-15-19-49-18-14-25-57(71(49)62)48-16-4-2-5-17-48)55-34-30-47(31-35-55)50-32-36-59-58-22-8-11-27-64(58)74(65(59)42-50)69-45-52-43-53-46-70(74)73(52,53)69/h3,6-15,18-40,42,44,48,52-53,69-70H,2,4-5,16-17,41,43,45-46H2,1H3. The maximum absolute atomic E-state index is 2.64. The first kappa shape index (κ1) is 43.5. The summed E-state index contributed by atoms with van der Waals surface area (Å²) in [6, 6.07) is 76.8. The number of nitrogens with zero attached hydrogens (tertiary/aromatic N) is 2. The topological polar surface area (TPSA) is 8.17 Å². The summed E-state index contributed by atoms with van der Waals surface area (Å²) in [5.74, 6) is 4.23. The van der Waals surface area contributed by atoms with E-state index in [-0.39, 0.29) is 10.8 Å². The summed E-state index contributed by atoms with van der Waals surface area (Å²) in [5, 5.41) is 5.34. The van der Waals surface area contributed by atoms with E-state index in [0.29, 0.717) is 11.3 Å². The SMILES string of the molecule is CC1(c2ccc3c(c2)c2ccccc2n3-c2ccccc2)C=CC(N(c2ccc(-c3ccc4c(c3)C3(c5ccccc5-4)C4CC5CC6CC3C564)cc2)c2ccccc2-c2cccc3cccc(C4CCCCC4)c23)=CC1. The van der Waals surface area contributed by atoms with Gasteiger partial charge in [0.05, 0.1) is 16.7 Å². The van der Waals surface area contributed by atoms with Gasteiger partial charge in [0.15, 0.2) is 0 Å². The molecule has 1 heterocycles. The van der Waals surface area contributed by atoms with Crippen LogP contribution in [0.3, 0.4) is 0 Å². The van der Waals surface area contributed by atoms with Crippen LogP contribution in [-0.4, -0.2) is 4.57 Å². The minimum atomic E-state index is -0.197. The van der Waals surface area contributed by atoms with E-state index in [0.717, 1.165) is 30.1 Å². The van der Waals surface area contributed by atoms with E-state index in [1.54, 1.807) is 11.1 Å². The Balaban J connectivity index is 0.776. The molecule has 5 unspecified atom stereocenters. The predicted octanol–water partition coefficient (Wildman–Crippen LogP) is 19.2. The molecule has 0 saturated heterocycles. The smallest absolute Gasteiger partial charge is 0.0541 e. The highest BCUT2D eigenvalue weighted by Gasteiger charge is 2.90. The Morgan fingerprint density at radius 1 is 0.526 bits per heavy atom. The molecule has 2 heteroatoms. The van der Waals surface area contributed by atoms with Crippen molar-refractivity contribution in [3.8, 4) is 39.1 Å². The molecule has 9 aromatic carbocycles. The molecule has 5 saturated carbocycles. The predicted molar refractivity (Wildman–Crippen MR) is 316 cm³/mol. The average Bonchev–Trinajstić information content (AvgIpc) is 2.59. The van der Waals surface area contributed by atoms with Crippen LogP contribution in [0.2, 0.25) is 0 Å². The van der Waals surface area contributed by atoms with Crippen LogP contribution in [0.5, 0.6) is 0 Å². The second kappa shape index (κ2) is 15.9. The molecular weight excluding hydrogens is 917 g/mol. The zero-order valence-corrected chi connectivity index (χ0v) is 43.4. The molecule has 76 heavy (non-hydrogen) atoms. The third-order valence-electron chi connectivity index (χ3n) is 21.3. The van der Waals surface area contributed by atoms with Gasteiger partial charge in [-0.25, -0.2) is 0 Å². The van der Waals surface area contributed by atoms with Gasteiger partial charge < -0.3 is 9.47 Å². The van der Waals surface area contributed by atoms with E-state index in [2.05, 4.69) is 235 Å². The highest BCUT2D eigenvalue weighted by atomic mass is 15.1. The number of anilines is 2. The zero-order valence-electron chi connectivity index (χ0n) is 43.4. The minimum absolute atomic E-state index is 0.197. The molecule has 10 aromatic rings. The van der Waals surface area contributed by atoms with Gasteiger partial charge in [0.2, 0.25) is 0 Å². The van der Waals surface area contributed by atoms with Crippen molar-refractivity contribution in [2.24, 2.45) is 29.1 Å². The van der Waals surface area contributed by atoms with Crippen LogP contribution in [0.15, 0.2) is 224 Å². The maximum atomic E-state index is 2.64. The van der Waals surface area contributed by atoms with Crippen molar-refractivity contribution in [1.82, 2.24) is 4.57 Å². The lowest BCUT2D eigenvalue weighted by Crippen LogP contribution is -2.88. The number of aromatic nitrogens is 1. The molecular formula is C74H62N2. The molecule has 7 aliphatic carbocycles. The molecule has 0 amide bonds. The van der Waals surface area contributed by atoms with Gasteiger partial charge in [-0.3, -0.25) is 0 Å². The van der Waals surface area contributed by atoms with Crippen LogP contribution in [0.25, 0.3) is 71.6 Å². The second-order valence-corrected chi connectivity index (χ2v) is 24.4. The van der Waals surface area contributed by atoms with E-state index < -0.39 is 0 Å². The van der Waals surface area contributed by atoms with Gasteiger partial charge in [0.1, 0.15) is 0 Å². The summed E-state index contributed by atoms with van der Waals surface area (Å²) in [4.78, 5) is 2.56. The molecule has 0 bridgehead atoms. The first-order valence-corrected chi connectivity index (χ1v) is 28.8. The first-order valence-electron chi connectivity index (χ1n) is 28.8. The van der Waals surface area contributed by atoms with Crippen molar-refractivity contribution in [3.63, 3.8) is 0 Å². The van der Waals surface area contributed by atoms with E-state index in [1.807, 2.05) is 0 Å². The lowest BCUT2D eigenvalue weighted by Gasteiger charge is -2.92. The summed E-state index contributed by atoms with van der Waals surface area (Å²) in [6.45, 7) is 2.42. The van der Waals surface area contributed by atoms with Crippen LogP contribution in [0, 0.1) is 29.1 Å². The minimum Gasteiger partial charge on any atom is -0.310 e. The lowest BCUT2D eigenvalue weighted by molar-refractivity contribution is -0.412. The van der Waals surface area contributed by atoms with Crippen LogP contribution >= 0.6 is 0 Å². The van der Waals surface area contributed by atoms with Gasteiger partial charge in [0.25, 0.3) is 0 Å². The number of allylic oxidation sites excluding steroid dienone is 3. The van der Waals surface area contributed by atoms with Gasteiger partial charge in [-0.2, -0.15) is 0 Å². The summed E-state index contributed by atoms with van der Waals surface area (Å²) < 4.78 is 2.42. The Hall–Kier alpha value is -7.68. The van der Waals surface area contributed by atoms with Crippen molar-refractivity contribution >= 4 is 44.0 Å². The lowest BCUT2D eigenvalue weighted by atomic mass is 9.11. The number of para-hydroxylation sites is 3. The monoisotopic (exact) mass is 978 g/mol. The fourth-order valence-corrected chi connectivity index (χ4v) is 17.9. The highest BCUT2D eigenvalue weighted by Crippen LogP contribution is 2.94. The van der Waals surface area contributed by atoms with Crippen LogP contribution in [0.4, 0.5) is 11.4 Å². The van der Waals surface area contributed by atoms with Crippen molar-refractivity contribution in [3.05, 3.63) is 246 Å². The molecule has 0 aliphatic heterocycles. The fourth-order valence-electron chi connectivity index (χ4n) is 17.9. The molecule has 17 rings (SSSR count). The summed E-state index contributed by atoms with van der Waals surface area (Å²) in [7, 11) is 0. The van der Waals surface area contributed by atoms with E-state index in [1.165, 1.54) is 151 Å². The number of hydrogen-bond acceptors (Lipinski definition) is 1. The van der Waals surface area contributed by atoms with E-state index in [4.69, 9.17) is 0 Å². The summed E-state index contributed by atoms with van der Waals surface area (Å²) in [6.07, 6.45) is 19.2. The van der Waals surface area contributed by atoms with Crippen molar-refractivity contribution in [1.29, 1.82) is 0 Å². The molecule has 2 spiro atoms. The Kier molecular flexibility index (Phi) is 9.13. The zero-order chi connectivity index (χ0) is 49.9. The second-order valence-electron chi connectivity index (χ2n) is 24.4. The third-order valence-corrected chi connectivity index (χ3v) is 21.3. The largest absolute Gasteiger partial charge is 0.310 e. The van der Waals surface area contributed by atoms with Gasteiger partial charge in [-0.05, 0) is 195 Å². The van der Waals surface area contributed by atoms with Gasteiger partial charge in [-0.15, -0.1) is 0 Å². The number of benzene rings is 9. The van der Waals surface area contributed by atoms with Crippen molar-refractivity contribution < 1.29 is 0 Å².